The fraction of sp³-hybridized carbons (Fsp3) is 0. The molecule has 3 nitrogen and oxygen atoms in total. The molecule has 0 amide bonds. The first kappa shape index (κ1) is 33.4. The Hall–Kier alpha value is -7.93. The Morgan fingerprint density at radius 2 is 0.776 bits per heavy atom. The van der Waals surface area contributed by atoms with Gasteiger partial charge in [-0.25, -0.2) is 9.97 Å². The molecule has 8 aromatic carbocycles. The van der Waals surface area contributed by atoms with Crippen LogP contribution in [-0.4, -0.2) is 9.97 Å². The van der Waals surface area contributed by atoms with Gasteiger partial charge in [-0.05, 0) is 114 Å². The molecule has 0 aliphatic heterocycles. The molecule has 3 heteroatoms. The lowest BCUT2D eigenvalue weighted by atomic mass is 9.82. The lowest BCUT2D eigenvalue weighted by molar-refractivity contribution is 1.25. The summed E-state index contributed by atoms with van der Waals surface area (Å²) in [6.45, 7) is 0. The summed E-state index contributed by atoms with van der Waals surface area (Å²) in [6.07, 6.45) is 0. The van der Waals surface area contributed by atoms with Crippen molar-refractivity contribution in [1.82, 2.24) is 9.97 Å². The summed E-state index contributed by atoms with van der Waals surface area (Å²) in [5.41, 5.74) is 18.4. The summed E-state index contributed by atoms with van der Waals surface area (Å²) >= 11 is 0. The highest BCUT2D eigenvalue weighted by molar-refractivity contribution is 6.28. The molecule has 0 fully saturated rings. The molecule has 268 valence electrons. The van der Waals surface area contributed by atoms with Gasteiger partial charge in [-0.3, -0.25) is 0 Å². The molecule has 0 radical (unpaired) electrons. The van der Waals surface area contributed by atoms with E-state index in [4.69, 9.17) is 9.97 Å². The highest BCUT2D eigenvalue weighted by atomic mass is 14.8. The van der Waals surface area contributed by atoms with E-state index in [2.05, 4.69) is 146 Å². The number of hydrogen-bond donors (Lipinski definition) is 0. The molecule has 0 atom stereocenters. The van der Waals surface area contributed by atoms with Gasteiger partial charge in [-0.2, -0.15) is 5.26 Å². The van der Waals surface area contributed by atoms with Gasteiger partial charge in [0.2, 0.25) is 0 Å². The molecular weight excluding hydrogens is 703 g/mol. The first-order valence-electron chi connectivity index (χ1n) is 19.6. The largest absolute Gasteiger partial charge is 0.246 e. The molecule has 1 aliphatic rings. The van der Waals surface area contributed by atoms with E-state index in [0.29, 0.717) is 5.56 Å². The van der Waals surface area contributed by atoms with E-state index >= 15 is 0 Å². The first-order valence-corrected chi connectivity index (χ1v) is 19.6. The Kier molecular flexibility index (Phi) is 7.88. The number of rotatable bonds is 6. The topological polar surface area (TPSA) is 49.6 Å². The van der Waals surface area contributed by atoms with Crippen LogP contribution in [0.2, 0.25) is 0 Å². The van der Waals surface area contributed by atoms with Crippen LogP contribution in [0.15, 0.2) is 200 Å². The maximum Gasteiger partial charge on any atom is 0.0991 e. The van der Waals surface area contributed by atoms with Crippen LogP contribution in [0, 0.1) is 11.3 Å². The van der Waals surface area contributed by atoms with E-state index in [-0.39, 0.29) is 0 Å². The van der Waals surface area contributed by atoms with Crippen molar-refractivity contribution >= 4 is 21.5 Å². The maximum absolute atomic E-state index is 9.41. The summed E-state index contributed by atoms with van der Waals surface area (Å²) in [5.74, 6) is 0. The molecule has 10 aromatic rings. The third-order valence-electron chi connectivity index (χ3n) is 11.5. The van der Waals surface area contributed by atoms with Crippen molar-refractivity contribution in [3.63, 3.8) is 0 Å². The van der Waals surface area contributed by atoms with Crippen LogP contribution in [-0.2, 0) is 0 Å². The van der Waals surface area contributed by atoms with Gasteiger partial charge < -0.3 is 0 Å². The van der Waals surface area contributed by atoms with E-state index in [1.807, 2.05) is 54.6 Å². The molecule has 2 heterocycles. The van der Waals surface area contributed by atoms with E-state index in [1.54, 1.807) is 6.07 Å². The van der Waals surface area contributed by atoms with Gasteiger partial charge >= 0.3 is 0 Å². The number of fused-ring (bicyclic) bond motifs is 4. The Labute approximate surface area is 336 Å². The van der Waals surface area contributed by atoms with Gasteiger partial charge in [-0.15, -0.1) is 0 Å². The highest BCUT2D eigenvalue weighted by Gasteiger charge is 2.31. The Morgan fingerprint density at radius 1 is 0.310 bits per heavy atom. The predicted molar refractivity (Wildman–Crippen MR) is 239 cm³/mol. The van der Waals surface area contributed by atoms with Crippen molar-refractivity contribution in [2.45, 2.75) is 0 Å². The fourth-order valence-electron chi connectivity index (χ4n) is 8.91. The standard InChI is InChI=1S/C55H33N3/c56-34-35-13-9-18-40(33-35)48-24-12-26-50(58-48)49-25-11-23-47(57-49)37-29-27-36(28-30-37)41-31-32-46-53-42(41)21-10-22-45(53)54-51(38-14-3-1-4-15-38)43-19-7-8-20-44(43)52(55(46)54)39-16-5-2-6-17-39/h1-33H. The van der Waals surface area contributed by atoms with E-state index in [1.165, 1.54) is 71.6 Å². The number of aromatic nitrogens is 2. The smallest absolute Gasteiger partial charge is 0.0991 e. The number of benzene rings is 8. The summed E-state index contributed by atoms with van der Waals surface area (Å²) in [5, 5.41) is 14.5. The van der Waals surface area contributed by atoms with Crippen molar-refractivity contribution in [3.05, 3.63) is 206 Å². The summed E-state index contributed by atoms with van der Waals surface area (Å²) < 4.78 is 0. The molecule has 0 N–H and O–H groups in total. The summed E-state index contributed by atoms with van der Waals surface area (Å²) in [7, 11) is 0. The van der Waals surface area contributed by atoms with Crippen LogP contribution in [0.25, 0.3) is 111 Å². The summed E-state index contributed by atoms with van der Waals surface area (Å²) in [4.78, 5) is 9.99. The molecule has 2 aromatic heterocycles. The van der Waals surface area contributed by atoms with Gasteiger partial charge in [0.1, 0.15) is 0 Å². The molecule has 0 unspecified atom stereocenters. The maximum atomic E-state index is 9.41. The Bertz CT molecular complexity index is 3180. The monoisotopic (exact) mass is 735 g/mol. The third-order valence-corrected chi connectivity index (χ3v) is 11.5. The van der Waals surface area contributed by atoms with Gasteiger partial charge in [0.25, 0.3) is 0 Å². The van der Waals surface area contributed by atoms with Crippen LogP contribution in [0.5, 0.6) is 0 Å². The van der Waals surface area contributed by atoms with E-state index in [0.717, 1.165) is 39.5 Å². The zero-order valence-electron chi connectivity index (χ0n) is 31.4. The zero-order chi connectivity index (χ0) is 38.6. The van der Waals surface area contributed by atoms with E-state index < -0.39 is 0 Å². The Morgan fingerprint density at radius 3 is 1.40 bits per heavy atom. The number of hydrogen-bond acceptors (Lipinski definition) is 3. The summed E-state index contributed by atoms with van der Waals surface area (Å²) in [6, 6.07) is 72.7. The zero-order valence-corrected chi connectivity index (χ0v) is 31.4. The van der Waals surface area contributed by atoms with Crippen LogP contribution in [0.4, 0.5) is 0 Å². The number of nitriles is 1. The minimum Gasteiger partial charge on any atom is -0.246 e. The average molecular weight is 736 g/mol. The first-order chi connectivity index (χ1) is 28.7. The van der Waals surface area contributed by atoms with Crippen molar-refractivity contribution in [1.29, 1.82) is 5.26 Å². The van der Waals surface area contributed by atoms with Gasteiger partial charge in [0.05, 0.1) is 34.4 Å². The van der Waals surface area contributed by atoms with Crippen LogP contribution >= 0.6 is 0 Å². The SMILES string of the molecule is N#Cc1cccc(-c2cccc(-c3cccc(-c4ccc(-c5ccc6c7c(cccc57)-c5c-6c(-c6ccccc6)c6ccccc6c5-c5ccccc5)cc4)n3)n2)c1. The quantitative estimate of drug-likeness (QED) is 0.171. The minimum atomic E-state index is 0.610. The number of nitrogens with zero attached hydrogens (tertiary/aromatic N) is 3. The van der Waals surface area contributed by atoms with Crippen molar-refractivity contribution in [3.8, 4) is 95.6 Å². The molecular formula is C55H33N3. The molecule has 0 bridgehead atoms. The van der Waals surface area contributed by atoms with Crippen molar-refractivity contribution in [2.75, 3.05) is 0 Å². The van der Waals surface area contributed by atoms with Crippen LogP contribution in [0.3, 0.4) is 0 Å². The van der Waals surface area contributed by atoms with Crippen molar-refractivity contribution in [2.24, 2.45) is 0 Å². The second-order valence-electron chi connectivity index (χ2n) is 14.8. The van der Waals surface area contributed by atoms with Gasteiger partial charge in [0.15, 0.2) is 0 Å². The van der Waals surface area contributed by atoms with Gasteiger partial charge in [0, 0.05) is 11.1 Å². The molecule has 0 saturated carbocycles. The van der Waals surface area contributed by atoms with Gasteiger partial charge in [-0.1, -0.05) is 164 Å². The lowest BCUT2D eigenvalue weighted by Gasteiger charge is -2.20. The predicted octanol–water partition coefficient (Wildman–Crippen LogP) is 14.3. The number of pyridine rings is 2. The molecule has 0 saturated heterocycles. The average Bonchev–Trinajstić information content (AvgIpc) is 3.63. The normalized spacial score (nSPS) is 11.4. The van der Waals surface area contributed by atoms with Crippen molar-refractivity contribution < 1.29 is 0 Å². The van der Waals surface area contributed by atoms with Crippen LogP contribution < -0.4 is 0 Å². The molecule has 11 rings (SSSR count). The van der Waals surface area contributed by atoms with Crippen LogP contribution in [0.1, 0.15) is 5.56 Å². The second-order valence-corrected chi connectivity index (χ2v) is 14.8. The third kappa shape index (κ3) is 5.43. The Balaban J connectivity index is 1.02. The molecule has 1 aliphatic carbocycles. The second kappa shape index (κ2) is 13.7. The lowest BCUT2D eigenvalue weighted by Crippen LogP contribution is -1.93. The fourth-order valence-corrected chi connectivity index (χ4v) is 8.91. The molecule has 0 spiro atoms. The highest BCUT2D eigenvalue weighted by Crippen LogP contribution is 2.58. The van der Waals surface area contributed by atoms with E-state index in [9.17, 15) is 5.26 Å². The molecule has 58 heavy (non-hydrogen) atoms. The minimum absolute atomic E-state index is 0.610.